The van der Waals surface area contributed by atoms with E-state index in [1.807, 2.05) is 0 Å². The smallest absolute Gasteiger partial charge is 0.217 e. The van der Waals surface area contributed by atoms with E-state index in [0.29, 0.717) is 6.04 Å². The molecule has 21 heavy (non-hydrogen) atoms. The summed E-state index contributed by atoms with van der Waals surface area (Å²) in [6.07, 6.45) is 1.05. The number of nitrogens with zero attached hydrogens (tertiary/aromatic N) is 1. The number of rotatable bonds is 4. The minimum absolute atomic E-state index is 0.0713. The van der Waals surface area contributed by atoms with Gasteiger partial charge in [-0.1, -0.05) is 24.3 Å². The van der Waals surface area contributed by atoms with E-state index in [2.05, 4.69) is 51.3 Å². The van der Waals surface area contributed by atoms with Crippen LogP contribution >= 0.6 is 11.3 Å². The third kappa shape index (κ3) is 3.71. The van der Waals surface area contributed by atoms with Gasteiger partial charge in [-0.15, -0.1) is 0 Å². The van der Waals surface area contributed by atoms with Crippen LogP contribution in [0.25, 0.3) is 11.1 Å². The first-order chi connectivity index (χ1) is 10.2. The van der Waals surface area contributed by atoms with E-state index < -0.39 is 0 Å². The molecule has 0 radical (unpaired) electrons. The molecule has 3 nitrogen and oxygen atoms in total. The van der Waals surface area contributed by atoms with Crippen molar-refractivity contribution in [3.8, 4) is 11.1 Å². The number of nitrogens with one attached hydrogen (secondary N) is 1. The van der Waals surface area contributed by atoms with E-state index in [0.717, 1.165) is 26.1 Å². The lowest BCUT2D eigenvalue weighted by atomic mass is 10.1. The standard InChI is InChI=1S/C17H20N2OS/c1-13(20)18-17-6-8-19(11-17)10-14-2-4-15(5-3-14)16-7-9-21-12-16/h2-5,7,9,12,17H,6,8,10-11H2,1H3,(H,18,20). The number of hydrogen-bond donors (Lipinski definition) is 1. The second-order valence-corrected chi connectivity index (χ2v) is 6.41. The Morgan fingerprint density at radius 3 is 2.76 bits per heavy atom. The summed E-state index contributed by atoms with van der Waals surface area (Å²) >= 11 is 1.73. The van der Waals surface area contributed by atoms with E-state index in [9.17, 15) is 4.79 Å². The Morgan fingerprint density at radius 2 is 2.10 bits per heavy atom. The van der Waals surface area contributed by atoms with Gasteiger partial charge in [-0.25, -0.2) is 0 Å². The highest BCUT2D eigenvalue weighted by Crippen LogP contribution is 2.23. The minimum atomic E-state index is 0.0713. The number of benzene rings is 1. The molecule has 1 saturated heterocycles. The van der Waals surface area contributed by atoms with Crippen LogP contribution in [-0.4, -0.2) is 29.9 Å². The van der Waals surface area contributed by atoms with Gasteiger partial charge >= 0.3 is 0 Å². The number of carbonyl (C=O) groups is 1. The van der Waals surface area contributed by atoms with Crippen LogP contribution in [-0.2, 0) is 11.3 Å². The van der Waals surface area contributed by atoms with Crippen molar-refractivity contribution in [3.05, 3.63) is 46.7 Å². The summed E-state index contributed by atoms with van der Waals surface area (Å²) < 4.78 is 0. The van der Waals surface area contributed by atoms with Gasteiger partial charge < -0.3 is 5.32 Å². The average molecular weight is 300 g/mol. The zero-order valence-electron chi connectivity index (χ0n) is 12.2. The van der Waals surface area contributed by atoms with E-state index in [4.69, 9.17) is 0 Å². The largest absolute Gasteiger partial charge is 0.352 e. The van der Waals surface area contributed by atoms with Crippen molar-refractivity contribution in [2.24, 2.45) is 0 Å². The van der Waals surface area contributed by atoms with Crippen molar-refractivity contribution in [3.63, 3.8) is 0 Å². The van der Waals surface area contributed by atoms with Crippen LogP contribution in [0.15, 0.2) is 41.1 Å². The van der Waals surface area contributed by atoms with Gasteiger partial charge in [0.25, 0.3) is 0 Å². The second kappa shape index (κ2) is 6.41. The molecule has 1 aromatic carbocycles. The molecule has 1 aliphatic heterocycles. The van der Waals surface area contributed by atoms with Crippen LogP contribution in [0.1, 0.15) is 18.9 Å². The lowest BCUT2D eigenvalue weighted by Crippen LogP contribution is -2.35. The van der Waals surface area contributed by atoms with E-state index >= 15 is 0 Å². The van der Waals surface area contributed by atoms with Gasteiger partial charge in [-0.2, -0.15) is 11.3 Å². The Bertz CT molecular complexity index is 592. The zero-order chi connectivity index (χ0) is 14.7. The number of carbonyl (C=O) groups excluding carboxylic acids is 1. The molecule has 1 aliphatic rings. The monoisotopic (exact) mass is 300 g/mol. The number of hydrogen-bond acceptors (Lipinski definition) is 3. The summed E-state index contributed by atoms with van der Waals surface area (Å²) in [6, 6.07) is 11.3. The van der Waals surface area contributed by atoms with Crippen molar-refractivity contribution < 1.29 is 4.79 Å². The molecule has 2 heterocycles. The van der Waals surface area contributed by atoms with Crippen molar-refractivity contribution in [2.75, 3.05) is 13.1 Å². The van der Waals surface area contributed by atoms with Gasteiger partial charge in [0, 0.05) is 32.6 Å². The molecule has 1 unspecified atom stereocenters. The molecule has 0 bridgehead atoms. The van der Waals surface area contributed by atoms with Crippen LogP contribution in [0.3, 0.4) is 0 Å². The van der Waals surface area contributed by atoms with Crippen LogP contribution < -0.4 is 5.32 Å². The molecule has 0 saturated carbocycles. The molecule has 110 valence electrons. The van der Waals surface area contributed by atoms with Crippen LogP contribution in [0.5, 0.6) is 0 Å². The molecule has 0 spiro atoms. The molecule has 2 aromatic rings. The zero-order valence-corrected chi connectivity index (χ0v) is 13.0. The molecule has 3 rings (SSSR count). The Kier molecular flexibility index (Phi) is 4.36. The fourth-order valence-electron chi connectivity index (χ4n) is 2.87. The van der Waals surface area contributed by atoms with Gasteiger partial charge in [0.05, 0.1) is 0 Å². The molecule has 0 aliphatic carbocycles. The molecule has 1 amide bonds. The van der Waals surface area contributed by atoms with Crippen molar-refractivity contribution in [1.29, 1.82) is 0 Å². The summed E-state index contributed by atoms with van der Waals surface area (Å²) in [5.41, 5.74) is 3.90. The Hall–Kier alpha value is -1.65. The fraction of sp³-hybridized carbons (Fsp3) is 0.353. The van der Waals surface area contributed by atoms with Crippen molar-refractivity contribution in [1.82, 2.24) is 10.2 Å². The first-order valence-corrected chi connectivity index (χ1v) is 8.26. The maximum absolute atomic E-state index is 11.1. The number of amides is 1. The van der Waals surface area contributed by atoms with Crippen LogP contribution in [0, 0.1) is 0 Å². The Balaban J connectivity index is 1.58. The highest BCUT2D eigenvalue weighted by atomic mass is 32.1. The van der Waals surface area contributed by atoms with Gasteiger partial charge in [0.1, 0.15) is 0 Å². The van der Waals surface area contributed by atoms with E-state index in [-0.39, 0.29) is 5.91 Å². The second-order valence-electron chi connectivity index (χ2n) is 5.63. The summed E-state index contributed by atoms with van der Waals surface area (Å²) in [4.78, 5) is 13.5. The Labute approximate surface area is 129 Å². The maximum Gasteiger partial charge on any atom is 0.217 e. The average Bonchev–Trinajstić information content (AvgIpc) is 3.11. The van der Waals surface area contributed by atoms with Crippen molar-refractivity contribution >= 4 is 17.2 Å². The van der Waals surface area contributed by atoms with Gasteiger partial charge in [-0.05, 0) is 39.9 Å². The molecule has 1 aromatic heterocycles. The summed E-state index contributed by atoms with van der Waals surface area (Å²) in [5, 5.41) is 7.29. The third-order valence-electron chi connectivity index (χ3n) is 3.89. The molecular weight excluding hydrogens is 280 g/mol. The third-order valence-corrected chi connectivity index (χ3v) is 4.58. The van der Waals surface area contributed by atoms with Crippen molar-refractivity contribution in [2.45, 2.75) is 25.9 Å². The molecule has 1 fully saturated rings. The van der Waals surface area contributed by atoms with Gasteiger partial charge in [0.15, 0.2) is 0 Å². The predicted octanol–water partition coefficient (Wildman–Crippen LogP) is 3.13. The van der Waals surface area contributed by atoms with E-state index in [1.54, 1.807) is 18.3 Å². The lowest BCUT2D eigenvalue weighted by molar-refractivity contribution is -0.119. The number of likely N-dealkylation sites (tertiary alicyclic amines) is 1. The highest BCUT2D eigenvalue weighted by molar-refractivity contribution is 7.08. The predicted molar refractivity (Wildman–Crippen MR) is 87.3 cm³/mol. The summed E-state index contributed by atoms with van der Waals surface area (Å²) in [5.74, 6) is 0.0713. The van der Waals surface area contributed by atoms with Crippen LogP contribution in [0.2, 0.25) is 0 Å². The SMILES string of the molecule is CC(=O)NC1CCN(Cc2ccc(-c3ccsc3)cc2)C1. The minimum Gasteiger partial charge on any atom is -0.352 e. The summed E-state index contributed by atoms with van der Waals surface area (Å²) in [6.45, 7) is 4.55. The van der Waals surface area contributed by atoms with Crippen LogP contribution in [0.4, 0.5) is 0 Å². The lowest BCUT2D eigenvalue weighted by Gasteiger charge is -2.16. The fourth-order valence-corrected chi connectivity index (χ4v) is 3.54. The van der Waals surface area contributed by atoms with E-state index in [1.165, 1.54) is 16.7 Å². The molecular formula is C17H20N2OS. The Morgan fingerprint density at radius 1 is 1.29 bits per heavy atom. The normalized spacial score (nSPS) is 18.8. The first-order valence-electron chi connectivity index (χ1n) is 7.31. The summed E-state index contributed by atoms with van der Waals surface area (Å²) in [7, 11) is 0. The molecule has 1 atom stereocenters. The molecule has 1 N–H and O–H groups in total. The van der Waals surface area contributed by atoms with Gasteiger partial charge in [0.2, 0.25) is 5.91 Å². The number of thiophene rings is 1. The molecule has 4 heteroatoms. The highest BCUT2D eigenvalue weighted by Gasteiger charge is 2.22. The van der Waals surface area contributed by atoms with Gasteiger partial charge in [-0.3, -0.25) is 9.69 Å². The topological polar surface area (TPSA) is 32.3 Å². The maximum atomic E-state index is 11.1. The quantitative estimate of drug-likeness (QED) is 0.941. The first kappa shape index (κ1) is 14.3.